The van der Waals surface area contributed by atoms with Crippen LogP contribution in [0.4, 0.5) is 4.39 Å². The largest absolute Gasteiger partial charge is 0.309 e. The molecule has 0 bridgehead atoms. The predicted octanol–water partition coefficient (Wildman–Crippen LogP) is 4.24. The van der Waals surface area contributed by atoms with E-state index in [2.05, 4.69) is 20.2 Å². The van der Waals surface area contributed by atoms with Crippen molar-refractivity contribution in [3.05, 3.63) is 62.5 Å². The van der Waals surface area contributed by atoms with E-state index in [0.717, 1.165) is 26.8 Å². The third-order valence-corrected chi connectivity index (χ3v) is 7.36. The van der Waals surface area contributed by atoms with Gasteiger partial charge in [-0.15, -0.1) is 21.5 Å². The molecule has 10 heteroatoms. The standard InChI is InChI=1S/C21H23FN6OS2/c1-11-13(3)31-20-17(11)19(29)23-16(24-20)10-30-21-26-25-18(12(2)27(4)5)28(21)15-8-6-14(22)7-9-15/h6-9,12H,10H2,1-5H3,(H,23,24,29). The maximum absolute atomic E-state index is 13.5. The van der Waals surface area contributed by atoms with Crippen LogP contribution in [0.25, 0.3) is 15.9 Å². The summed E-state index contributed by atoms with van der Waals surface area (Å²) in [7, 11) is 3.94. The van der Waals surface area contributed by atoms with E-state index in [4.69, 9.17) is 0 Å². The lowest BCUT2D eigenvalue weighted by molar-refractivity contribution is 0.305. The second-order valence-corrected chi connectivity index (χ2v) is 9.70. The molecule has 0 radical (unpaired) electrons. The molecule has 31 heavy (non-hydrogen) atoms. The van der Waals surface area contributed by atoms with Crippen molar-refractivity contribution in [1.29, 1.82) is 0 Å². The van der Waals surface area contributed by atoms with Crippen molar-refractivity contribution in [3.8, 4) is 5.69 Å². The molecule has 1 aromatic carbocycles. The van der Waals surface area contributed by atoms with Crippen LogP contribution in [0.1, 0.15) is 35.1 Å². The Morgan fingerprint density at radius 2 is 1.94 bits per heavy atom. The predicted molar refractivity (Wildman–Crippen MR) is 123 cm³/mol. The van der Waals surface area contributed by atoms with Gasteiger partial charge in [0.1, 0.15) is 16.5 Å². The summed E-state index contributed by atoms with van der Waals surface area (Å²) in [6, 6.07) is 6.25. The van der Waals surface area contributed by atoms with Crippen LogP contribution in [0.2, 0.25) is 0 Å². The molecule has 4 rings (SSSR count). The van der Waals surface area contributed by atoms with Crippen molar-refractivity contribution in [2.75, 3.05) is 14.1 Å². The number of thioether (sulfide) groups is 1. The van der Waals surface area contributed by atoms with Gasteiger partial charge in [-0.3, -0.25) is 14.3 Å². The quantitative estimate of drug-likeness (QED) is 0.436. The number of aromatic amines is 1. The molecule has 0 aliphatic carbocycles. The smallest absolute Gasteiger partial charge is 0.259 e. The maximum Gasteiger partial charge on any atom is 0.259 e. The summed E-state index contributed by atoms with van der Waals surface area (Å²) in [5.41, 5.74) is 1.63. The molecular weight excluding hydrogens is 435 g/mol. The summed E-state index contributed by atoms with van der Waals surface area (Å²) >= 11 is 2.95. The highest BCUT2D eigenvalue weighted by atomic mass is 32.2. The van der Waals surface area contributed by atoms with E-state index >= 15 is 0 Å². The Morgan fingerprint density at radius 1 is 1.23 bits per heavy atom. The van der Waals surface area contributed by atoms with Gasteiger partial charge in [-0.2, -0.15) is 0 Å². The summed E-state index contributed by atoms with van der Waals surface area (Å²) in [4.78, 5) is 24.0. The fourth-order valence-electron chi connectivity index (χ4n) is 3.21. The van der Waals surface area contributed by atoms with Gasteiger partial charge in [0.15, 0.2) is 11.0 Å². The van der Waals surface area contributed by atoms with E-state index in [0.29, 0.717) is 22.1 Å². The van der Waals surface area contributed by atoms with Gasteiger partial charge in [0, 0.05) is 10.6 Å². The van der Waals surface area contributed by atoms with E-state index in [9.17, 15) is 9.18 Å². The molecule has 0 spiro atoms. The highest BCUT2D eigenvalue weighted by Crippen LogP contribution is 2.30. The van der Waals surface area contributed by atoms with Crippen molar-refractivity contribution in [1.82, 2.24) is 29.6 Å². The van der Waals surface area contributed by atoms with Crippen molar-refractivity contribution < 1.29 is 4.39 Å². The molecule has 162 valence electrons. The van der Waals surface area contributed by atoms with E-state index in [1.807, 2.05) is 44.3 Å². The van der Waals surface area contributed by atoms with E-state index in [1.165, 1.54) is 35.2 Å². The molecule has 0 amide bonds. The van der Waals surface area contributed by atoms with Crippen LogP contribution in [-0.2, 0) is 5.75 Å². The van der Waals surface area contributed by atoms with E-state index in [-0.39, 0.29) is 17.4 Å². The minimum Gasteiger partial charge on any atom is -0.309 e. The highest BCUT2D eigenvalue weighted by molar-refractivity contribution is 7.98. The zero-order chi connectivity index (χ0) is 22.3. The first-order valence-electron chi connectivity index (χ1n) is 9.75. The number of fused-ring (bicyclic) bond motifs is 1. The van der Waals surface area contributed by atoms with Gasteiger partial charge >= 0.3 is 0 Å². The zero-order valence-electron chi connectivity index (χ0n) is 17.9. The number of benzene rings is 1. The molecule has 4 aromatic rings. The van der Waals surface area contributed by atoms with Crippen molar-refractivity contribution in [2.24, 2.45) is 0 Å². The number of halogens is 1. The number of hydrogen-bond acceptors (Lipinski definition) is 7. The fraction of sp³-hybridized carbons (Fsp3) is 0.333. The number of nitrogens with one attached hydrogen (secondary N) is 1. The molecule has 3 heterocycles. The Labute approximate surface area is 187 Å². The van der Waals surface area contributed by atoms with Gasteiger partial charge in [0.25, 0.3) is 5.56 Å². The molecule has 0 saturated heterocycles. The number of H-pyrrole nitrogens is 1. The van der Waals surface area contributed by atoms with Crippen LogP contribution in [0.5, 0.6) is 0 Å². The lowest BCUT2D eigenvalue weighted by atomic mass is 10.2. The number of aryl methyl sites for hydroxylation is 2. The normalized spacial score (nSPS) is 12.7. The maximum atomic E-state index is 13.5. The zero-order valence-corrected chi connectivity index (χ0v) is 19.6. The average molecular weight is 459 g/mol. The molecule has 1 N–H and O–H groups in total. The summed E-state index contributed by atoms with van der Waals surface area (Å²) in [5.74, 6) is 1.46. The first-order chi connectivity index (χ1) is 14.8. The van der Waals surface area contributed by atoms with Gasteiger partial charge in [0.2, 0.25) is 0 Å². The Morgan fingerprint density at radius 3 is 2.61 bits per heavy atom. The number of aromatic nitrogens is 5. The van der Waals surface area contributed by atoms with Crippen molar-refractivity contribution in [2.45, 2.75) is 37.7 Å². The number of thiophene rings is 1. The summed E-state index contributed by atoms with van der Waals surface area (Å²) in [6.45, 7) is 5.97. The fourth-order valence-corrected chi connectivity index (χ4v) is 5.09. The van der Waals surface area contributed by atoms with Crippen LogP contribution in [-0.4, -0.2) is 43.7 Å². The topological polar surface area (TPSA) is 79.7 Å². The third kappa shape index (κ3) is 4.15. The monoisotopic (exact) mass is 458 g/mol. The molecule has 7 nitrogen and oxygen atoms in total. The molecule has 0 aliphatic rings. The lowest BCUT2D eigenvalue weighted by Crippen LogP contribution is -2.20. The van der Waals surface area contributed by atoms with Gasteiger partial charge in [-0.1, -0.05) is 11.8 Å². The Kier molecular flexibility index (Phi) is 5.96. The second-order valence-electron chi connectivity index (χ2n) is 7.56. The number of hydrogen-bond donors (Lipinski definition) is 1. The highest BCUT2D eigenvalue weighted by Gasteiger charge is 2.21. The lowest BCUT2D eigenvalue weighted by Gasteiger charge is -2.20. The number of rotatable bonds is 6. The van der Waals surface area contributed by atoms with Crippen molar-refractivity contribution >= 4 is 33.3 Å². The summed E-state index contributed by atoms with van der Waals surface area (Å²) < 4.78 is 15.4. The third-order valence-electron chi connectivity index (χ3n) is 5.32. The number of nitrogens with zero attached hydrogens (tertiary/aromatic N) is 5. The van der Waals surface area contributed by atoms with Gasteiger partial charge in [0.05, 0.1) is 17.2 Å². The van der Waals surface area contributed by atoms with Gasteiger partial charge < -0.3 is 4.98 Å². The summed E-state index contributed by atoms with van der Waals surface area (Å²) in [6.07, 6.45) is 0. The van der Waals surface area contributed by atoms with Crippen LogP contribution in [0.3, 0.4) is 0 Å². The molecule has 0 fully saturated rings. The van der Waals surface area contributed by atoms with Crippen LogP contribution >= 0.6 is 23.1 Å². The molecular formula is C21H23FN6OS2. The van der Waals surface area contributed by atoms with Gasteiger partial charge in [-0.25, -0.2) is 9.37 Å². The summed E-state index contributed by atoms with van der Waals surface area (Å²) in [5, 5.41) is 10.1. The minimum atomic E-state index is -0.301. The van der Waals surface area contributed by atoms with Crippen LogP contribution in [0, 0.1) is 19.7 Å². The minimum absolute atomic E-state index is 0.00162. The van der Waals surface area contributed by atoms with Crippen LogP contribution < -0.4 is 5.56 Å². The molecule has 0 saturated carbocycles. The Bertz CT molecular complexity index is 1290. The SMILES string of the molecule is Cc1sc2nc(CSc3nnc(C(C)N(C)C)n3-c3ccc(F)cc3)[nH]c(=O)c2c1C. The van der Waals surface area contributed by atoms with Gasteiger partial charge in [-0.05, 0) is 64.7 Å². The molecule has 0 aliphatic heterocycles. The van der Waals surface area contributed by atoms with E-state index in [1.54, 1.807) is 12.1 Å². The molecule has 3 aromatic heterocycles. The second kappa shape index (κ2) is 8.52. The molecule has 1 unspecified atom stereocenters. The van der Waals surface area contributed by atoms with E-state index < -0.39 is 0 Å². The Balaban J connectivity index is 1.69. The molecule has 1 atom stereocenters. The first-order valence-corrected chi connectivity index (χ1v) is 11.6. The Hall–Kier alpha value is -2.56. The van der Waals surface area contributed by atoms with Crippen molar-refractivity contribution in [3.63, 3.8) is 0 Å². The average Bonchev–Trinajstić information content (AvgIpc) is 3.27. The van der Waals surface area contributed by atoms with Crippen LogP contribution in [0.15, 0.2) is 34.2 Å². The first kappa shape index (κ1) is 21.7.